The van der Waals surface area contributed by atoms with Crippen LogP contribution >= 0.6 is 0 Å². The maximum absolute atomic E-state index is 13.6. The molecule has 0 radical (unpaired) electrons. The second kappa shape index (κ2) is 7.30. The number of hydrogen-bond acceptors (Lipinski definition) is 4. The first-order chi connectivity index (χ1) is 14.1. The lowest BCUT2D eigenvalue weighted by atomic mass is 9.89. The molecule has 0 bridgehead atoms. The van der Waals surface area contributed by atoms with Crippen molar-refractivity contribution in [3.63, 3.8) is 0 Å². The number of nitrogens with zero attached hydrogens (tertiary/aromatic N) is 2. The molecule has 5 rings (SSSR count). The van der Waals surface area contributed by atoms with Gasteiger partial charge in [-0.15, -0.1) is 0 Å². The molecule has 2 aromatic rings. The highest BCUT2D eigenvalue weighted by molar-refractivity contribution is 6.03. The number of nitrogens with one attached hydrogen (secondary N) is 1. The van der Waals surface area contributed by atoms with Crippen molar-refractivity contribution in [3.8, 4) is 5.75 Å². The second-order valence-corrected chi connectivity index (χ2v) is 7.96. The number of fused-ring (bicyclic) bond motifs is 3. The van der Waals surface area contributed by atoms with E-state index < -0.39 is 11.6 Å². The van der Waals surface area contributed by atoms with Crippen LogP contribution in [0.4, 0.5) is 20.2 Å². The van der Waals surface area contributed by atoms with Crippen molar-refractivity contribution < 1.29 is 18.3 Å². The van der Waals surface area contributed by atoms with Crippen LogP contribution in [0.25, 0.3) is 0 Å². The molecular formula is C22H23F2N3O2. The van der Waals surface area contributed by atoms with Crippen LogP contribution in [0.2, 0.25) is 0 Å². The average Bonchev–Trinajstić information content (AvgIpc) is 3.01. The number of amides is 1. The molecule has 152 valence electrons. The van der Waals surface area contributed by atoms with E-state index in [9.17, 15) is 13.6 Å². The average molecular weight is 399 g/mol. The van der Waals surface area contributed by atoms with E-state index in [1.807, 2.05) is 12.1 Å². The van der Waals surface area contributed by atoms with Crippen molar-refractivity contribution in [2.45, 2.75) is 24.8 Å². The van der Waals surface area contributed by atoms with Crippen molar-refractivity contribution in [1.82, 2.24) is 4.90 Å². The molecule has 1 fully saturated rings. The van der Waals surface area contributed by atoms with Gasteiger partial charge in [-0.2, -0.15) is 0 Å². The Morgan fingerprint density at radius 2 is 2.10 bits per heavy atom. The second-order valence-electron chi connectivity index (χ2n) is 7.96. The highest BCUT2D eigenvalue weighted by atomic mass is 19.1. The van der Waals surface area contributed by atoms with Crippen molar-refractivity contribution in [2.24, 2.45) is 0 Å². The molecule has 5 nitrogen and oxygen atoms in total. The van der Waals surface area contributed by atoms with E-state index in [4.69, 9.17) is 4.74 Å². The summed E-state index contributed by atoms with van der Waals surface area (Å²) in [4.78, 5) is 16.8. The Morgan fingerprint density at radius 1 is 1.21 bits per heavy atom. The first kappa shape index (κ1) is 18.4. The van der Waals surface area contributed by atoms with Gasteiger partial charge in [-0.25, -0.2) is 8.78 Å². The quantitative estimate of drug-likeness (QED) is 0.784. The van der Waals surface area contributed by atoms with Crippen LogP contribution in [-0.2, 0) is 4.79 Å². The zero-order valence-electron chi connectivity index (χ0n) is 16.0. The molecule has 1 amide bonds. The van der Waals surface area contributed by atoms with Crippen LogP contribution in [0.5, 0.6) is 5.75 Å². The zero-order valence-corrected chi connectivity index (χ0v) is 16.0. The summed E-state index contributed by atoms with van der Waals surface area (Å²) in [6, 6.07) is 9.91. The van der Waals surface area contributed by atoms with Crippen LogP contribution in [0.3, 0.4) is 0 Å². The predicted molar refractivity (Wildman–Crippen MR) is 106 cm³/mol. The summed E-state index contributed by atoms with van der Waals surface area (Å²) < 4.78 is 32.1. The number of ether oxygens (including phenoxy) is 1. The van der Waals surface area contributed by atoms with E-state index in [-0.39, 0.29) is 11.7 Å². The third kappa shape index (κ3) is 3.33. The first-order valence-corrected chi connectivity index (χ1v) is 10.1. The van der Waals surface area contributed by atoms with Crippen LogP contribution in [0.1, 0.15) is 24.3 Å². The van der Waals surface area contributed by atoms with Crippen LogP contribution in [0.15, 0.2) is 36.4 Å². The number of halogens is 2. The van der Waals surface area contributed by atoms with Gasteiger partial charge in [-0.1, -0.05) is 12.1 Å². The van der Waals surface area contributed by atoms with Gasteiger partial charge in [-0.3, -0.25) is 4.79 Å². The van der Waals surface area contributed by atoms with Gasteiger partial charge in [0.05, 0.1) is 24.5 Å². The van der Waals surface area contributed by atoms with Crippen molar-refractivity contribution >= 4 is 17.3 Å². The topological polar surface area (TPSA) is 44.8 Å². The van der Waals surface area contributed by atoms with Crippen LogP contribution in [-0.4, -0.2) is 49.6 Å². The maximum atomic E-state index is 13.6. The molecule has 0 saturated carbocycles. The number of carbonyl (C=O) groups excluding carboxylic acids is 1. The van der Waals surface area contributed by atoms with E-state index in [0.29, 0.717) is 25.1 Å². The molecule has 2 aromatic carbocycles. The number of benzene rings is 2. The summed E-state index contributed by atoms with van der Waals surface area (Å²) >= 11 is 0. The number of anilines is 2. The van der Waals surface area contributed by atoms with Crippen molar-refractivity contribution in [3.05, 3.63) is 53.6 Å². The SMILES string of the molecule is O=C1CN2c3c(cccc3[C@@H]3CN(CCCOc4ccc(F)cc4F)CC[C@@H]32)N1. The fraction of sp³-hybridized carbons (Fsp3) is 0.409. The molecule has 0 aliphatic carbocycles. The Kier molecular flexibility index (Phi) is 4.62. The number of para-hydroxylation sites is 1. The molecule has 1 N–H and O–H groups in total. The lowest BCUT2D eigenvalue weighted by molar-refractivity contribution is -0.115. The number of carbonyl (C=O) groups is 1. The summed E-state index contributed by atoms with van der Waals surface area (Å²) in [6.07, 6.45) is 1.78. The molecule has 3 aliphatic rings. The number of rotatable bonds is 5. The Labute approximate surface area is 168 Å². The monoisotopic (exact) mass is 399 g/mol. The van der Waals surface area contributed by atoms with Gasteiger partial charge in [0, 0.05) is 37.7 Å². The summed E-state index contributed by atoms with van der Waals surface area (Å²) in [5, 5.41) is 2.99. The highest BCUT2D eigenvalue weighted by Gasteiger charge is 2.44. The highest BCUT2D eigenvalue weighted by Crippen LogP contribution is 2.49. The summed E-state index contributed by atoms with van der Waals surface area (Å²) in [6.45, 7) is 3.59. The third-order valence-corrected chi connectivity index (χ3v) is 6.17. The predicted octanol–water partition coefficient (Wildman–Crippen LogP) is 3.36. The molecule has 7 heteroatoms. The Morgan fingerprint density at radius 3 is 2.97 bits per heavy atom. The van der Waals surface area contributed by atoms with Crippen LogP contribution < -0.4 is 15.0 Å². The third-order valence-electron chi connectivity index (χ3n) is 6.17. The lowest BCUT2D eigenvalue weighted by Crippen LogP contribution is -2.49. The molecule has 3 heterocycles. The molecule has 2 atom stereocenters. The molecule has 0 unspecified atom stereocenters. The van der Waals surface area contributed by atoms with E-state index in [1.54, 1.807) is 0 Å². The smallest absolute Gasteiger partial charge is 0.243 e. The van der Waals surface area contributed by atoms with E-state index >= 15 is 0 Å². The van der Waals surface area contributed by atoms with Gasteiger partial charge in [0.2, 0.25) is 5.91 Å². The molecule has 0 spiro atoms. The lowest BCUT2D eigenvalue weighted by Gasteiger charge is -2.39. The largest absolute Gasteiger partial charge is 0.490 e. The van der Waals surface area contributed by atoms with Gasteiger partial charge < -0.3 is 19.9 Å². The van der Waals surface area contributed by atoms with E-state index in [0.717, 1.165) is 44.2 Å². The fourth-order valence-corrected chi connectivity index (χ4v) is 4.94. The minimum absolute atomic E-state index is 0.0582. The van der Waals surface area contributed by atoms with Gasteiger partial charge in [0.25, 0.3) is 0 Å². The maximum Gasteiger partial charge on any atom is 0.243 e. The van der Waals surface area contributed by atoms with Gasteiger partial charge in [-0.05, 0) is 36.6 Å². The molecule has 0 aromatic heterocycles. The number of likely N-dealkylation sites (tertiary alicyclic amines) is 1. The minimum Gasteiger partial charge on any atom is -0.490 e. The minimum atomic E-state index is -0.669. The number of hydrogen-bond donors (Lipinski definition) is 1. The molecule has 3 aliphatic heterocycles. The van der Waals surface area contributed by atoms with E-state index in [2.05, 4.69) is 21.2 Å². The number of piperidine rings is 1. The summed E-state index contributed by atoms with van der Waals surface area (Å²) in [5.74, 6) is -0.732. The van der Waals surface area contributed by atoms with E-state index in [1.165, 1.54) is 23.4 Å². The fourth-order valence-electron chi connectivity index (χ4n) is 4.94. The van der Waals surface area contributed by atoms with Crippen molar-refractivity contribution in [1.29, 1.82) is 0 Å². The van der Waals surface area contributed by atoms with Gasteiger partial charge in [0.15, 0.2) is 11.6 Å². The first-order valence-electron chi connectivity index (χ1n) is 10.1. The zero-order chi connectivity index (χ0) is 20.0. The van der Waals surface area contributed by atoms with Gasteiger partial charge in [0.1, 0.15) is 5.82 Å². The normalized spacial score (nSPS) is 22.8. The molecular weight excluding hydrogens is 376 g/mol. The Hall–Kier alpha value is -2.67. The molecule has 1 saturated heterocycles. The van der Waals surface area contributed by atoms with Crippen molar-refractivity contribution in [2.75, 3.05) is 43.0 Å². The Balaban J connectivity index is 1.20. The standard InChI is InChI=1S/C22H23F2N3O2/c23-14-5-6-20(17(24)11-14)29-10-2-8-26-9-7-19-16(12-26)15-3-1-4-18-22(15)27(19)13-21(28)25-18/h1,3-6,11,16,19H,2,7-10,12-13H2,(H,25,28)/t16-,19-/m0/s1. The molecule has 29 heavy (non-hydrogen) atoms. The summed E-state index contributed by atoms with van der Waals surface area (Å²) in [5.41, 5.74) is 3.44. The van der Waals surface area contributed by atoms with Gasteiger partial charge >= 0.3 is 0 Å². The summed E-state index contributed by atoms with van der Waals surface area (Å²) in [7, 11) is 0. The Bertz CT molecular complexity index is 952. The van der Waals surface area contributed by atoms with Crippen LogP contribution in [0, 0.1) is 11.6 Å².